The van der Waals surface area contributed by atoms with Crippen LogP contribution in [0.15, 0.2) is 12.1 Å². The lowest BCUT2D eigenvalue weighted by Crippen LogP contribution is -2.31. The highest BCUT2D eigenvalue weighted by atomic mass is 35.5. The number of pyridine rings is 1. The highest BCUT2D eigenvalue weighted by Crippen LogP contribution is 2.12. The predicted octanol–water partition coefficient (Wildman–Crippen LogP) is 1.16. The molecule has 5 nitrogen and oxygen atoms in total. The molecule has 18 heavy (non-hydrogen) atoms. The van der Waals surface area contributed by atoms with Gasteiger partial charge in [-0.1, -0.05) is 11.6 Å². The van der Waals surface area contributed by atoms with E-state index in [-0.39, 0.29) is 23.4 Å². The van der Waals surface area contributed by atoms with Crippen LogP contribution in [0.3, 0.4) is 0 Å². The second kappa shape index (κ2) is 5.67. The lowest BCUT2D eigenvalue weighted by molar-refractivity contribution is 0.0803. The average Bonchev–Trinajstić information content (AvgIpc) is 2.22. The van der Waals surface area contributed by atoms with Crippen LogP contribution in [-0.4, -0.2) is 49.8 Å². The summed E-state index contributed by atoms with van der Waals surface area (Å²) in [5, 5.41) is 0.245. The minimum Gasteiger partial charge on any atom is -0.341 e. The van der Waals surface area contributed by atoms with E-state index in [0.717, 1.165) is 6.26 Å². The molecule has 0 aliphatic heterocycles. The van der Waals surface area contributed by atoms with Crippen LogP contribution in [0.5, 0.6) is 0 Å². The number of aryl methyl sites for hydroxylation is 1. The number of carbonyl (C=O) groups excluding carboxylic acids is 1. The van der Waals surface area contributed by atoms with Gasteiger partial charge in [-0.05, 0) is 19.1 Å². The van der Waals surface area contributed by atoms with Gasteiger partial charge in [0.1, 0.15) is 15.0 Å². The van der Waals surface area contributed by atoms with Crippen LogP contribution in [0.4, 0.5) is 0 Å². The summed E-state index contributed by atoms with van der Waals surface area (Å²) in [7, 11) is -1.53. The minimum atomic E-state index is -3.08. The van der Waals surface area contributed by atoms with Gasteiger partial charge in [-0.2, -0.15) is 0 Å². The number of rotatable bonds is 4. The van der Waals surface area contributed by atoms with Crippen LogP contribution in [0.1, 0.15) is 16.1 Å². The molecule has 0 fully saturated rings. The Morgan fingerprint density at radius 3 is 2.56 bits per heavy atom. The zero-order valence-corrected chi connectivity index (χ0v) is 12.0. The van der Waals surface area contributed by atoms with Crippen molar-refractivity contribution in [2.24, 2.45) is 0 Å². The van der Waals surface area contributed by atoms with Crippen molar-refractivity contribution in [3.63, 3.8) is 0 Å². The van der Waals surface area contributed by atoms with Crippen molar-refractivity contribution < 1.29 is 13.2 Å². The third-order valence-corrected chi connectivity index (χ3v) is 3.43. The fourth-order valence-corrected chi connectivity index (χ4v) is 2.23. The molecule has 0 spiro atoms. The van der Waals surface area contributed by atoms with Crippen LogP contribution in [0, 0.1) is 6.92 Å². The van der Waals surface area contributed by atoms with E-state index >= 15 is 0 Å². The molecule has 0 radical (unpaired) electrons. The fraction of sp³-hybridized carbons (Fsp3) is 0.455. The van der Waals surface area contributed by atoms with E-state index in [0.29, 0.717) is 11.3 Å². The van der Waals surface area contributed by atoms with Crippen molar-refractivity contribution in [1.82, 2.24) is 9.88 Å². The van der Waals surface area contributed by atoms with Gasteiger partial charge in [-0.15, -0.1) is 0 Å². The molecule has 0 aromatic carbocycles. The van der Waals surface area contributed by atoms with Crippen LogP contribution >= 0.6 is 11.6 Å². The van der Waals surface area contributed by atoms with Gasteiger partial charge in [0.25, 0.3) is 5.91 Å². The van der Waals surface area contributed by atoms with Gasteiger partial charge in [-0.25, -0.2) is 13.4 Å². The summed E-state index contributed by atoms with van der Waals surface area (Å²) in [6, 6.07) is 3.08. The van der Waals surface area contributed by atoms with E-state index in [1.54, 1.807) is 20.0 Å². The molecule has 0 saturated carbocycles. The Bertz CT molecular complexity index is 537. The Morgan fingerprint density at radius 2 is 2.06 bits per heavy atom. The molecule has 1 rings (SSSR count). The van der Waals surface area contributed by atoms with Crippen LogP contribution in [0.2, 0.25) is 5.15 Å². The molecular weight excluding hydrogens is 276 g/mol. The van der Waals surface area contributed by atoms with Crippen molar-refractivity contribution >= 4 is 27.3 Å². The SMILES string of the molecule is Cc1cc(C(=O)N(C)CCS(C)(=O)=O)cc(Cl)n1. The van der Waals surface area contributed by atoms with Crippen molar-refractivity contribution in [2.75, 3.05) is 25.6 Å². The molecule has 0 bridgehead atoms. The summed E-state index contributed by atoms with van der Waals surface area (Å²) >= 11 is 5.77. The lowest BCUT2D eigenvalue weighted by atomic mass is 10.2. The van der Waals surface area contributed by atoms with Gasteiger partial charge in [-0.3, -0.25) is 4.79 Å². The first-order valence-electron chi connectivity index (χ1n) is 5.26. The van der Waals surface area contributed by atoms with Gasteiger partial charge in [0.05, 0.1) is 5.75 Å². The third kappa shape index (κ3) is 4.62. The van der Waals surface area contributed by atoms with Crippen molar-refractivity contribution in [2.45, 2.75) is 6.92 Å². The Labute approximate surface area is 112 Å². The second-order valence-electron chi connectivity index (χ2n) is 4.18. The standard InChI is InChI=1S/C11H15ClN2O3S/c1-8-6-9(7-10(12)13-8)11(15)14(2)4-5-18(3,16)17/h6-7H,4-5H2,1-3H3. The van der Waals surface area contributed by atoms with Gasteiger partial charge in [0.2, 0.25) is 0 Å². The smallest absolute Gasteiger partial charge is 0.253 e. The van der Waals surface area contributed by atoms with E-state index in [2.05, 4.69) is 4.98 Å². The third-order valence-electron chi connectivity index (χ3n) is 2.31. The summed E-state index contributed by atoms with van der Waals surface area (Å²) in [4.78, 5) is 17.3. The van der Waals surface area contributed by atoms with Crippen LogP contribution in [0.25, 0.3) is 0 Å². The molecule has 0 aliphatic carbocycles. The Morgan fingerprint density at radius 1 is 1.44 bits per heavy atom. The van der Waals surface area contributed by atoms with E-state index in [1.807, 2.05) is 0 Å². The van der Waals surface area contributed by atoms with Gasteiger partial charge < -0.3 is 4.90 Å². The summed E-state index contributed by atoms with van der Waals surface area (Å²) in [6.07, 6.45) is 1.14. The summed E-state index contributed by atoms with van der Waals surface area (Å²) in [5.74, 6) is -0.335. The molecular formula is C11H15ClN2O3S. The Hall–Kier alpha value is -1.14. The molecule has 100 valence electrons. The van der Waals surface area contributed by atoms with Crippen LogP contribution in [-0.2, 0) is 9.84 Å². The molecule has 0 N–H and O–H groups in total. The zero-order chi connectivity index (χ0) is 13.9. The number of aromatic nitrogens is 1. The fourth-order valence-electron chi connectivity index (χ4n) is 1.38. The summed E-state index contributed by atoms with van der Waals surface area (Å²) in [5.41, 5.74) is 1.05. The zero-order valence-electron chi connectivity index (χ0n) is 10.5. The summed E-state index contributed by atoms with van der Waals surface area (Å²) in [6.45, 7) is 1.88. The maximum absolute atomic E-state index is 12.0. The molecule has 1 heterocycles. The first-order valence-corrected chi connectivity index (χ1v) is 7.70. The molecule has 0 atom stereocenters. The number of hydrogen-bond donors (Lipinski definition) is 0. The highest BCUT2D eigenvalue weighted by Gasteiger charge is 2.14. The molecule has 1 amide bonds. The topological polar surface area (TPSA) is 67.3 Å². The molecule has 0 aliphatic rings. The monoisotopic (exact) mass is 290 g/mol. The van der Waals surface area contributed by atoms with Crippen molar-refractivity contribution in [3.05, 3.63) is 28.5 Å². The maximum Gasteiger partial charge on any atom is 0.253 e. The van der Waals surface area contributed by atoms with Crippen LogP contribution < -0.4 is 0 Å². The number of amides is 1. The van der Waals surface area contributed by atoms with Crippen molar-refractivity contribution in [3.8, 4) is 0 Å². The summed E-state index contributed by atoms with van der Waals surface area (Å²) < 4.78 is 22.1. The first kappa shape index (κ1) is 14.9. The number of hydrogen-bond acceptors (Lipinski definition) is 4. The number of nitrogens with zero attached hydrogens (tertiary/aromatic N) is 2. The normalized spacial score (nSPS) is 11.3. The highest BCUT2D eigenvalue weighted by molar-refractivity contribution is 7.90. The van der Waals surface area contributed by atoms with E-state index in [9.17, 15) is 13.2 Å². The van der Waals surface area contributed by atoms with Gasteiger partial charge >= 0.3 is 0 Å². The largest absolute Gasteiger partial charge is 0.341 e. The maximum atomic E-state index is 12.0. The molecule has 0 unspecified atom stereocenters. The van der Waals surface area contributed by atoms with E-state index < -0.39 is 9.84 Å². The molecule has 1 aromatic heterocycles. The predicted molar refractivity (Wildman–Crippen MR) is 70.7 cm³/mol. The van der Waals surface area contributed by atoms with Gasteiger partial charge in [0, 0.05) is 31.1 Å². The molecule has 0 saturated heterocycles. The number of sulfone groups is 1. The quantitative estimate of drug-likeness (QED) is 0.781. The van der Waals surface area contributed by atoms with E-state index in [1.165, 1.54) is 11.0 Å². The van der Waals surface area contributed by atoms with E-state index in [4.69, 9.17) is 11.6 Å². The van der Waals surface area contributed by atoms with Gasteiger partial charge in [0.15, 0.2) is 0 Å². The Kier molecular flexibility index (Phi) is 4.70. The molecule has 7 heteroatoms. The first-order chi connectivity index (χ1) is 8.19. The lowest BCUT2D eigenvalue weighted by Gasteiger charge is -2.16. The average molecular weight is 291 g/mol. The number of carbonyl (C=O) groups is 1. The van der Waals surface area contributed by atoms with Crippen molar-refractivity contribution in [1.29, 1.82) is 0 Å². The minimum absolute atomic E-state index is 0.0625. The Balaban J connectivity index is 2.80. The molecule has 1 aromatic rings. The number of halogens is 1. The second-order valence-corrected chi connectivity index (χ2v) is 6.82.